The molecule has 0 bridgehead atoms. The predicted octanol–water partition coefficient (Wildman–Crippen LogP) is 3.65. The molecule has 0 spiro atoms. The van der Waals surface area contributed by atoms with Gasteiger partial charge in [-0.3, -0.25) is 9.67 Å². The lowest BCUT2D eigenvalue weighted by molar-refractivity contribution is 0.728. The van der Waals surface area contributed by atoms with Crippen LogP contribution in [0.25, 0.3) is 0 Å². The van der Waals surface area contributed by atoms with Crippen molar-refractivity contribution < 1.29 is 0 Å². The van der Waals surface area contributed by atoms with E-state index < -0.39 is 0 Å². The third-order valence-electron chi connectivity index (χ3n) is 4.02. The average molecular weight is 424 g/mol. The third-order valence-corrected chi connectivity index (χ3v) is 5.66. The highest BCUT2D eigenvalue weighted by Crippen LogP contribution is 2.24. The number of benzene rings is 1. The molecule has 7 heteroatoms. The minimum absolute atomic E-state index is 0.432. The zero-order valence-corrected chi connectivity index (χ0v) is 17.8. The molecule has 2 N–H and O–H groups in total. The molecule has 1 aromatic carbocycles. The smallest absolute Gasteiger partial charge is 0.191 e. The average Bonchev–Trinajstić information content (AvgIpc) is 2.82. The molecule has 0 saturated carbocycles. The van der Waals surface area contributed by atoms with Crippen LogP contribution in [0.2, 0.25) is 0 Å². The van der Waals surface area contributed by atoms with Crippen LogP contribution in [-0.4, -0.2) is 34.6 Å². The van der Waals surface area contributed by atoms with E-state index in [0.29, 0.717) is 5.25 Å². The number of aliphatic imine (C=N–C) groups is 1. The monoisotopic (exact) mass is 423 g/mol. The molecule has 0 radical (unpaired) electrons. The van der Waals surface area contributed by atoms with E-state index >= 15 is 0 Å². The Labute approximate surface area is 162 Å². The van der Waals surface area contributed by atoms with Crippen LogP contribution in [0.3, 0.4) is 0 Å². The first-order valence-corrected chi connectivity index (χ1v) is 9.93. The molecule has 1 unspecified atom stereocenters. The van der Waals surface area contributed by atoms with Gasteiger partial charge in [0.15, 0.2) is 5.96 Å². The lowest BCUT2D eigenvalue weighted by Gasteiger charge is -2.16. The van der Waals surface area contributed by atoms with Crippen LogP contribution >= 0.6 is 27.7 Å². The number of hydrogen-bond donors (Lipinski definition) is 2. The summed E-state index contributed by atoms with van der Waals surface area (Å²) in [6.07, 6.45) is 0. The Morgan fingerprint density at radius 2 is 1.96 bits per heavy atom. The van der Waals surface area contributed by atoms with Crippen molar-refractivity contribution in [2.24, 2.45) is 12.0 Å². The van der Waals surface area contributed by atoms with E-state index in [1.54, 1.807) is 7.05 Å². The summed E-state index contributed by atoms with van der Waals surface area (Å²) in [5.41, 5.74) is 3.46. The van der Waals surface area contributed by atoms with Crippen LogP contribution in [0.1, 0.15) is 23.9 Å². The Hall–Kier alpha value is -1.47. The van der Waals surface area contributed by atoms with Gasteiger partial charge in [-0.05, 0) is 38.1 Å². The molecule has 1 heterocycles. The Balaban J connectivity index is 1.82. The Morgan fingerprint density at radius 1 is 1.28 bits per heavy atom. The Morgan fingerprint density at radius 3 is 2.52 bits per heavy atom. The van der Waals surface area contributed by atoms with Gasteiger partial charge in [0, 0.05) is 53.1 Å². The molecule has 2 aromatic rings. The maximum Gasteiger partial charge on any atom is 0.191 e. The van der Waals surface area contributed by atoms with Crippen molar-refractivity contribution >= 4 is 33.7 Å². The predicted molar refractivity (Wildman–Crippen MR) is 110 cm³/mol. The summed E-state index contributed by atoms with van der Waals surface area (Å²) in [7, 11) is 3.77. The van der Waals surface area contributed by atoms with Crippen molar-refractivity contribution in [2.75, 3.05) is 13.6 Å². The van der Waals surface area contributed by atoms with Crippen LogP contribution in [-0.2, 0) is 13.6 Å². The molecular formula is C18H26BrN5S. The van der Waals surface area contributed by atoms with E-state index in [2.05, 4.69) is 74.8 Å². The van der Waals surface area contributed by atoms with Crippen LogP contribution < -0.4 is 10.6 Å². The molecular weight excluding hydrogens is 398 g/mol. The largest absolute Gasteiger partial charge is 0.355 e. The summed E-state index contributed by atoms with van der Waals surface area (Å²) >= 11 is 5.32. The Kier molecular flexibility index (Phi) is 7.38. The SMILES string of the molecule is CN=C(NCc1c(C)nn(C)c1C)NCC(C)Sc1ccc(Br)cc1. The van der Waals surface area contributed by atoms with Crippen LogP contribution in [0.4, 0.5) is 0 Å². The van der Waals surface area contributed by atoms with E-state index in [4.69, 9.17) is 0 Å². The summed E-state index contributed by atoms with van der Waals surface area (Å²) in [6, 6.07) is 8.40. The summed E-state index contributed by atoms with van der Waals surface area (Å²) in [5.74, 6) is 0.811. The zero-order valence-electron chi connectivity index (χ0n) is 15.4. The van der Waals surface area contributed by atoms with Crippen molar-refractivity contribution in [3.05, 3.63) is 45.7 Å². The molecule has 136 valence electrons. The second-order valence-electron chi connectivity index (χ2n) is 5.96. The van der Waals surface area contributed by atoms with Crippen molar-refractivity contribution in [2.45, 2.75) is 37.5 Å². The summed E-state index contributed by atoms with van der Waals surface area (Å²) in [5, 5.41) is 11.7. The number of hydrogen-bond acceptors (Lipinski definition) is 3. The number of nitrogens with one attached hydrogen (secondary N) is 2. The van der Waals surface area contributed by atoms with Crippen LogP contribution in [0.5, 0.6) is 0 Å². The van der Waals surface area contributed by atoms with Gasteiger partial charge in [0.05, 0.1) is 5.69 Å². The lowest BCUT2D eigenvalue weighted by Crippen LogP contribution is -2.39. The molecule has 5 nitrogen and oxygen atoms in total. The number of aromatic nitrogens is 2. The molecule has 0 amide bonds. The highest BCUT2D eigenvalue weighted by molar-refractivity contribution is 9.10. The molecule has 0 aliphatic rings. The minimum atomic E-state index is 0.432. The normalized spacial score (nSPS) is 13.0. The standard InChI is InChI=1S/C18H26BrN5S/c1-12(25-16-8-6-15(19)7-9-16)10-21-18(20-4)22-11-17-13(2)23-24(5)14(17)3/h6-9,12H,10-11H2,1-5H3,(H2,20,21,22). The number of guanidine groups is 1. The van der Waals surface area contributed by atoms with Gasteiger partial charge in [-0.2, -0.15) is 5.10 Å². The maximum absolute atomic E-state index is 4.45. The number of nitrogens with zero attached hydrogens (tertiary/aromatic N) is 3. The fraction of sp³-hybridized carbons (Fsp3) is 0.444. The number of halogens is 1. The molecule has 0 saturated heterocycles. The fourth-order valence-corrected chi connectivity index (χ4v) is 3.68. The fourth-order valence-electron chi connectivity index (χ4n) is 2.49. The third kappa shape index (κ3) is 5.78. The molecule has 1 aromatic heterocycles. The lowest BCUT2D eigenvalue weighted by atomic mass is 10.2. The van der Waals surface area contributed by atoms with Gasteiger partial charge in [-0.15, -0.1) is 11.8 Å². The van der Waals surface area contributed by atoms with Crippen molar-refractivity contribution in [3.8, 4) is 0 Å². The number of thioether (sulfide) groups is 1. The quantitative estimate of drug-likeness (QED) is 0.422. The molecule has 0 aliphatic carbocycles. The second-order valence-corrected chi connectivity index (χ2v) is 8.39. The number of aryl methyl sites for hydroxylation is 2. The van der Waals surface area contributed by atoms with Crippen LogP contribution in [0.15, 0.2) is 38.6 Å². The highest BCUT2D eigenvalue weighted by Gasteiger charge is 2.10. The highest BCUT2D eigenvalue weighted by atomic mass is 79.9. The van der Waals surface area contributed by atoms with E-state index in [9.17, 15) is 0 Å². The first-order valence-electron chi connectivity index (χ1n) is 8.26. The van der Waals surface area contributed by atoms with Crippen molar-refractivity contribution in [3.63, 3.8) is 0 Å². The minimum Gasteiger partial charge on any atom is -0.355 e. The summed E-state index contributed by atoms with van der Waals surface area (Å²) < 4.78 is 3.02. The topological polar surface area (TPSA) is 54.2 Å². The van der Waals surface area contributed by atoms with Gasteiger partial charge in [-0.25, -0.2) is 0 Å². The first-order chi connectivity index (χ1) is 11.9. The van der Waals surface area contributed by atoms with Gasteiger partial charge in [0.2, 0.25) is 0 Å². The van der Waals surface area contributed by atoms with E-state index in [1.807, 2.05) is 30.4 Å². The first kappa shape index (κ1) is 19.8. The van der Waals surface area contributed by atoms with E-state index in [1.165, 1.54) is 16.2 Å². The zero-order chi connectivity index (χ0) is 18.4. The van der Waals surface area contributed by atoms with Gasteiger partial charge >= 0.3 is 0 Å². The molecule has 0 fully saturated rings. The summed E-state index contributed by atoms with van der Waals surface area (Å²) in [4.78, 5) is 5.58. The van der Waals surface area contributed by atoms with Crippen molar-refractivity contribution in [1.29, 1.82) is 0 Å². The molecule has 0 aliphatic heterocycles. The van der Waals surface area contributed by atoms with Crippen molar-refractivity contribution in [1.82, 2.24) is 20.4 Å². The summed E-state index contributed by atoms with van der Waals surface area (Å²) in [6.45, 7) is 7.90. The van der Waals surface area contributed by atoms with Gasteiger partial charge in [0.25, 0.3) is 0 Å². The van der Waals surface area contributed by atoms with Gasteiger partial charge < -0.3 is 10.6 Å². The maximum atomic E-state index is 4.45. The Bertz CT molecular complexity index is 724. The van der Waals surface area contributed by atoms with Gasteiger partial charge in [0.1, 0.15) is 0 Å². The molecule has 1 atom stereocenters. The van der Waals surface area contributed by atoms with Crippen LogP contribution in [0, 0.1) is 13.8 Å². The molecule has 25 heavy (non-hydrogen) atoms. The van der Waals surface area contributed by atoms with E-state index in [0.717, 1.165) is 29.2 Å². The second kappa shape index (κ2) is 9.29. The molecule has 2 rings (SSSR count). The van der Waals surface area contributed by atoms with Gasteiger partial charge in [-0.1, -0.05) is 22.9 Å². The van der Waals surface area contributed by atoms with E-state index in [-0.39, 0.29) is 0 Å². The number of rotatable bonds is 6.